The molecule has 6 rings (SSSR count). The smallest absolute Gasteiger partial charge is 0.382 e. The molecule has 1 N–H and O–H groups in total. The largest absolute Gasteiger partial charge is 0.398 e. The second kappa shape index (κ2) is 9.38. The highest BCUT2D eigenvalue weighted by atomic mass is 32.2. The quantitative estimate of drug-likeness (QED) is 0.310. The normalized spacial score (nSPS) is 18.4. The molecule has 1 aliphatic carbocycles. The summed E-state index contributed by atoms with van der Waals surface area (Å²) >= 11 is 0. The van der Waals surface area contributed by atoms with E-state index in [4.69, 9.17) is 0 Å². The van der Waals surface area contributed by atoms with Crippen LogP contribution >= 0.6 is 0 Å². The molecule has 0 unspecified atom stereocenters. The number of rotatable bonds is 6. The number of hydrogen-bond donors (Lipinski definition) is 1. The molecule has 0 amide bonds. The zero-order valence-electron chi connectivity index (χ0n) is 21.4. The minimum absolute atomic E-state index is 0.0451. The number of pyridine rings is 1. The first-order chi connectivity index (χ1) is 18.6. The summed E-state index contributed by atoms with van der Waals surface area (Å²) in [5.41, 5.74) is 3.14. The number of piperidine rings is 1. The molecule has 2 aromatic heterocycles. The molecule has 10 heteroatoms. The summed E-state index contributed by atoms with van der Waals surface area (Å²) in [5.74, 6) is 0. The molecular formula is C29H29F3N4O2S. The molecule has 2 aliphatic rings. The van der Waals surface area contributed by atoms with Crippen LogP contribution in [0.5, 0.6) is 0 Å². The molecule has 6 nitrogen and oxygen atoms in total. The summed E-state index contributed by atoms with van der Waals surface area (Å²) in [4.78, 5) is 4.59. The van der Waals surface area contributed by atoms with Crippen LogP contribution in [0.4, 0.5) is 18.9 Å². The summed E-state index contributed by atoms with van der Waals surface area (Å²) in [6.07, 6.45) is 1.07. The van der Waals surface area contributed by atoms with E-state index in [0.717, 1.165) is 28.2 Å². The van der Waals surface area contributed by atoms with Gasteiger partial charge in [-0.25, -0.2) is 13.4 Å². The molecule has 4 aromatic rings. The Bertz CT molecular complexity index is 1600. The Labute approximate surface area is 225 Å². The number of nitrogens with zero attached hydrogens (tertiary/aromatic N) is 3. The number of sulfonamides is 1. The van der Waals surface area contributed by atoms with Crippen molar-refractivity contribution in [3.63, 3.8) is 0 Å². The van der Waals surface area contributed by atoms with E-state index in [1.807, 2.05) is 48.0 Å². The van der Waals surface area contributed by atoms with Gasteiger partial charge in [0.05, 0.1) is 10.3 Å². The van der Waals surface area contributed by atoms with E-state index in [0.29, 0.717) is 31.5 Å². The highest BCUT2D eigenvalue weighted by Gasteiger charge is 2.64. The number of alkyl halides is 3. The highest BCUT2D eigenvalue weighted by Crippen LogP contribution is 2.58. The van der Waals surface area contributed by atoms with Crippen LogP contribution in [-0.4, -0.2) is 47.4 Å². The molecular weight excluding hydrogens is 525 g/mol. The van der Waals surface area contributed by atoms with Crippen LogP contribution in [0.1, 0.15) is 36.9 Å². The average molecular weight is 555 g/mol. The molecule has 0 radical (unpaired) electrons. The molecule has 1 aliphatic heterocycles. The lowest BCUT2D eigenvalue weighted by molar-refractivity contribution is -0.160. The van der Waals surface area contributed by atoms with Crippen molar-refractivity contribution in [2.24, 2.45) is 0 Å². The second-order valence-corrected chi connectivity index (χ2v) is 12.5. The maximum Gasteiger partial charge on any atom is 0.398 e. The third-order valence-electron chi connectivity index (χ3n) is 8.07. The lowest BCUT2D eigenvalue weighted by atomic mass is 9.95. The summed E-state index contributed by atoms with van der Waals surface area (Å²) in [5, 5.41) is 3.36. The number of halogens is 3. The van der Waals surface area contributed by atoms with Crippen LogP contribution in [0.2, 0.25) is 0 Å². The van der Waals surface area contributed by atoms with Crippen molar-refractivity contribution in [1.29, 1.82) is 0 Å². The van der Waals surface area contributed by atoms with E-state index in [-0.39, 0.29) is 23.8 Å². The van der Waals surface area contributed by atoms with Crippen LogP contribution in [0.25, 0.3) is 16.8 Å². The number of fused-ring (bicyclic) bond motifs is 1. The van der Waals surface area contributed by atoms with Crippen LogP contribution in [0.3, 0.4) is 0 Å². The van der Waals surface area contributed by atoms with Gasteiger partial charge in [0, 0.05) is 42.9 Å². The number of anilines is 1. The predicted octanol–water partition coefficient (Wildman–Crippen LogP) is 6.17. The summed E-state index contributed by atoms with van der Waals surface area (Å²) in [6, 6.07) is 17.4. The molecule has 204 valence electrons. The summed E-state index contributed by atoms with van der Waals surface area (Å²) < 4.78 is 70.3. The van der Waals surface area contributed by atoms with E-state index in [1.165, 1.54) is 4.31 Å². The van der Waals surface area contributed by atoms with E-state index in [2.05, 4.69) is 10.3 Å². The first-order valence-electron chi connectivity index (χ1n) is 13.0. The number of nitrogens with one attached hydrogen (secondary N) is 1. The van der Waals surface area contributed by atoms with Gasteiger partial charge >= 0.3 is 6.18 Å². The van der Waals surface area contributed by atoms with Gasteiger partial charge in [0.15, 0.2) is 0 Å². The fraction of sp³-hybridized carbons (Fsp3) is 0.345. The first kappa shape index (κ1) is 25.9. The lowest BCUT2D eigenvalue weighted by Crippen LogP contribution is -2.42. The number of aromatic nitrogens is 2. The van der Waals surface area contributed by atoms with E-state index < -0.39 is 21.6 Å². The minimum Gasteiger partial charge on any atom is -0.382 e. The maximum absolute atomic E-state index is 13.4. The van der Waals surface area contributed by atoms with Gasteiger partial charge in [-0.15, -0.1) is 0 Å². The standard InChI is InChI=1S/C29H29F3N4O2S/c1-20-18-33-27-11-4-22(19-36(20)27)21-2-9-26(10-3-21)39(37,38)35-16-12-25(13-17-35)34-24-7-5-23(6-8-24)28(14-15-28)29(30,31)32/h2-11,18-19,25,34H,12-17H2,1H3. The average Bonchev–Trinajstić information content (AvgIpc) is 3.68. The van der Waals surface area contributed by atoms with Gasteiger partial charge in [-0.3, -0.25) is 0 Å². The van der Waals surface area contributed by atoms with Gasteiger partial charge < -0.3 is 9.72 Å². The van der Waals surface area contributed by atoms with E-state index in [1.54, 1.807) is 36.4 Å². The molecule has 1 saturated heterocycles. The maximum atomic E-state index is 13.4. The summed E-state index contributed by atoms with van der Waals surface area (Å²) in [7, 11) is -3.63. The molecule has 1 saturated carbocycles. The van der Waals surface area contributed by atoms with Crippen LogP contribution in [0, 0.1) is 6.92 Å². The van der Waals surface area contributed by atoms with Gasteiger partial charge in [0.2, 0.25) is 10.0 Å². The summed E-state index contributed by atoms with van der Waals surface area (Å²) in [6.45, 7) is 2.72. The minimum atomic E-state index is -4.23. The van der Waals surface area contributed by atoms with Crippen molar-refractivity contribution in [3.8, 4) is 11.1 Å². The molecule has 2 fully saturated rings. The first-order valence-corrected chi connectivity index (χ1v) is 14.5. The molecule has 0 bridgehead atoms. The second-order valence-electron chi connectivity index (χ2n) is 10.5. The number of benzene rings is 2. The molecule has 2 aromatic carbocycles. The van der Waals surface area contributed by atoms with Crippen LogP contribution < -0.4 is 5.32 Å². The predicted molar refractivity (Wildman–Crippen MR) is 144 cm³/mol. The Morgan fingerprint density at radius 2 is 1.56 bits per heavy atom. The van der Waals surface area contributed by atoms with Crippen LogP contribution in [-0.2, 0) is 15.4 Å². The Morgan fingerprint density at radius 3 is 2.18 bits per heavy atom. The highest BCUT2D eigenvalue weighted by molar-refractivity contribution is 7.89. The third-order valence-corrected chi connectivity index (χ3v) is 9.98. The zero-order valence-corrected chi connectivity index (χ0v) is 22.3. The van der Waals surface area contributed by atoms with Crippen LogP contribution in [0.15, 0.2) is 78.0 Å². The lowest BCUT2D eigenvalue weighted by Gasteiger charge is -2.32. The van der Waals surface area contributed by atoms with Gasteiger partial charge in [-0.05, 0) is 85.7 Å². The Balaban J connectivity index is 1.08. The molecule has 0 spiro atoms. The molecule has 3 heterocycles. The fourth-order valence-electron chi connectivity index (χ4n) is 5.46. The fourth-order valence-corrected chi connectivity index (χ4v) is 6.93. The van der Waals surface area contributed by atoms with Crippen molar-refractivity contribution in [2.45, 2.75) is 55.1 Å². The molecule has 0 atom stereocenters. The van der Waals surface area contributed by atoms with Gasteiger partial charge in [0.1, 0.15) is 5.65 Å². The number of hydrogen-bond acceptors (Lipinski definition) is 4. The SMILES string of the molecule is Cc1cnc2ccc(-c3ccc(S(=O)(=O)N4CCC(Nc5ccc(C6(C(F)(F)F)CC6)cc5)CC4)cc3)cn12. The van der Waals surface area contributed by atoms with E-state index in [9.17, 15) is 21.6 Å². The monoisotopic (exact) mass is 554 g/mol. The van der Waals surface area contributed by atoms with Gasteiger partial charge in [0.25, 0.3) is 0 Å². The van der Waals surface area contributed by atoms with Crippen molar-refractivity contribution >= 4 is 21.4 Å². The number of aryl methyl sites for hydroxylation is 1. The Kier molecular flexibility index (Phi) is 6.22. The van der Waals surface area contributed by atoms with Crippen molar-refractivity contribution in [1.82, 2.24) is 13.7 Å². The van der Waals surface area contributed by atoms with Crippen molar-refractivity contribution in [2.75, 3.05) is 18.4 Å². The third kappa shape index (κ3) is 4.69. The number of imidazole rings is 1. The zero-order chi connectivity index (χ0) is 27.4. The van der Waals surface area contributed by atoms with Crippen molar-refractivity contribution < 1.29 is 21.6 Å². The molecule has 39 heavy (non-hydrogen) atoms. The van der Waals surface area contributed by atoms with Crippen molar-refractivity contribution in [3.05, 3.63) is 84.3 Å². The Hall–Kier alpha value is -3.37. The topological polar surface area (TPSA) is 66.7 Å². The Morgan fingerprint density at radius 1 is 0.923 bits per heavy atom. The van der Waals surface area contributed by atoms with E-state index >= 15 is 0 Å². The van der Waals surface area contributed by atoms with Gasteiger partial charge in [-0.2, -0.15) is 17.5 Å². The van der Waals surface area contributed by atoms with Gasteiger partial charge in [-0.1, -0.05) is 24.3 Å².